The zero-order chi connectivity index (χ0) is 34.4. The number of benzene rings is 6. The van der Waals surface area contributed by atoms with E-state index in [1.165, 1.54) is 10.8 Å². The van der Waals surface area contributed by atoms with Gasteiger partial charge in [0.15, 0.2) is 5.58 Å². The van der Waals surface area contributed by atoms with Crippen LogP contribution in [-0.4, -0.2) is 19.5 Å². The van der Waals surface area contributed by atoms with E-state index in [-0.39, 0.29) is 0 Å². The highest BCUT2D eigenvalue weighted by molar-refractivity contribution is 6.09. The number of pyridine rings is 2. The summed E-state index contributed by atoms with van der Waals surface area (Å²) in [5, 5.41) is 2.45. The Morgan fingerprint density at radius 3 is 1.46 bits per heavy atom. The lowest BCUT2D eigenvalue weighted by atomic mass is 9.93. The van der Waals surface area contributed by atoms with Gasteiger partial charge in [-0.25, -0.2) is 4.98 Å². The van der Waals surface area contributed by atoms with Crippen LogP contribution in [0.2, 0.25) is 0 Å². The molecule has 10 rings (SSSR count). The lowest BCUT2D eigenvalue weighted by Gasteiger charge is -2.12. The highest BCUT2D eigenvalue weighted by Crippen LogP contribution is 2.38. The number of fused-ring (bicyclic) bond motifs is 4. The Kier molecular flexibility index (Phi) is 7.07. The predicted molar refractivity (Wildman–Crippen MR) is 211 cm³/mol. The molecule has 10 aromatic rings. The van der Waals surface area contributed by atoms with Crippen molar-refractivity contribution in [2.75, 3.05) is 0 Å². The van der Waals surface area contributed by atoms with Crippen molar-refractivity contribution in [3.05, 3.63) is 183 Å². The van der Waals surface area contributed by atoms with Crippen molar-refractivity contribution >= 4 is 32.9 Å². The van der Waals surface area contributed by atoms with Gasteiger partial charge >= 0.3 is 0 Å². The van der Waals surface area contributed by atoms with Crippen molar-refractivity contribution < 1.29 is 4.42 Å². The topological polar surface area (TPSA) is 56.7 Å². The van der Waals surface area contributed by atoms with Gasteiger partial charge in [0.1, 0.15) is 5.52 Å². The fourth-order valence-electron chi connectivity index (χ4n) is 7.28. The molecule has 52 heavy (non-hydrogen) atoms. The quantitative estimate of drug-likeness (QED) is 0.177. The Morgan fingerprint density at radius 1 is 0.404 bits per heavy atom. The molecule has 0 aliphatic carbocycles. The third-order valence-corrected chi connectivity index (χ3v) is 9.77. The Hall–Kier alpha value is -7.11. The van der Waals surface area contributed by atoms with Crippen LogP contribution in [0.25, 0.3) is 94.6 Å². The predicted octanol–water partition coefficient (Wildman–Crippen LogP) is 12.0. The summed E-state index contributed by atoms with van der Waals surface area (Å²) in [7, 11) is 0. The van der Waals surface area contributed by atoms with E-state index < -0.39 is 0 Å². The highest BCUT2D eigenvalue weighted by Gasteiger charge is 2.16. The van der Waals surface area contributed by atoms with E-state index in [4.69, 9.17) is 9.40 Å². The first-order valence-electron chi connectivity index (χ1n) is 17.3. The van der Waals surface area contributed by atoms with Crippen molar-refractivity contribution in [1.29, 1.82) is 0 Å². The van der Waals surface area contributed by atoms with Crippen molar-refractivity contribution in [3.8, 4) is 61.6 Å². The van der Waals surface area contributed by atoms with Gasteiger partial charge < -0.3 is 8.98 Å². The van der Waals surface area contributed by atoms with Gasteiger partial charge in [-0.05, 0) is 100 Å². The minimum Gasteiger partial charge on any atom is -0.436 e. The second-order valence-corrected chi connectivity index (χ2v) is 13.0. The molecule has 0 saturated heterocycles. The number of aromatic nitrogens is 4. The molecule has 0 bridgehead atoms. The molecular weight excluding hydrogens is 637 g/mol. The second kappa shape index (κ2) is 12.3. The second-order valence-electron chi connectivity index (χ2n) is 13.0. The standard InChI is InChI=1S/C47H30N4O/c1-3-17-44-41(15-1)42-16-2-4-18-45(42)51(44)40-19-20-43-46(28-40)52-47(50-43)39-26-37(33-11-5-9-31(23-33)35-13-7-21-48-29-35)25-38(27-39)34-12-6-10-32(24-34)36-14-8-22-49-30-36/h1-30H. The SMILES string of the molecule is c1cncc(-c2cccc(-c3cc(-c4cccc(-c5cccnc5)c4)cc(-c4nc5ccc(-n6c7ccccc7c7ccccc76)cc5o4)c3)c2)c1. The summed E-state index contributed by atoms with van der Waals surface area (Å²) in [6.07, 6.45) is 7.40. The number of hydrogen-bond donors (Lipinski definition) is 0. The molecule has 0 unspecified atom stereocenters. The van der Waals surface area contributed by atoms with Crippen LogP contribution >= 0.6 is 0 Å². The van der Waals surface area contributed by atoms with Crippen LogP contribution in [0.4, 0.5) is 0 Å². The molecule has 4 heterocycles. The monoisotopic (exact) mass is 666 g/mol. The van der Waals surface area contributed by atoms with E-state index in [1.54, 1.807) is 12.4 Å². The van der Waals surface area contributed by atoms with E-state index in [2.05, 4.69) is 160 Å². The highest BCUT2D eigenvalue weighted by atomic mass is 16.3. The molecule has 0 radical (unpaired) electrons. The van der Waals surface area contributed by atoms with Gasteiger partial charge in [-0.15, -0.1) is 0 Å². The smallest absolute Gasteiger partial charge is 0.227 e. The number of para-hydroxylation sites is 2. The van der Waals surface area contributed by atoms with Gasteiger partial charge in [0.25, 0.3) is 0 Å². The molecule has 0 saturated carbocycles. The molecule has 244 valence electrons. The van der Waals surface area contributed by atoms with Crippen LogP contribution in [0.15, 0.2) is 187 Å². The molecule has 0 spiro atoms. The van der Waals surface area contributed by atoms with Crippen molar-refractivity contribution in [3.63, 3.8) is 0 Å². The number of hydrogen-bond acceptors (Lipinski definition) is 4. The summed E-state index contributed by atoms with van der Waals surface area (Å²) in [6.45, 7) is 0. The molecule has 0 aliphatic heterocycles. The maximum Gasteiger partial charge on any atom is 0.227 e. The summed E-state index contributed by atoms with van der Waals surface area (Å²) >= 11 is 0. The first kappa shape index (κ1) is 29.8. The maximum absolute atomic E-state index is 6.64. The molecule has 0 fully saturated rings. The summed E-state index contributed by atoms with van der Waals surface area (Å²) in [5.74, 6) is 0.573. The lowest BCUT2D eigenvalue weighted by Crippen LogP contribution is -1.93. The summed E-state index contributed by atoms with van der Waals surface area (Å²) in [6, 6.07) is 55.3. The summed E-state index contributed by atoms with van der Waals surface area (Å²) < 4.78 is 8.94. The normalized spacial score (nSPS) is 11.5. The Morgan fingerprint density at radius 2 is 0.904 bits per heavy atom. The van der Waals surface area contributed by atoms with Gasteiger partial charge in [0.05, 0.1) is 16.7 Å². The lowest BCUT2D eigenvalue weighted by molar-refractivity contribution is 0.620. The van der Waals surface area contributed by atoms with E-state index >= 15 is 0 Å². The number of rotatable bonds is 6. The van der Waals surface area contributed by atoms with Crippen LogP contribution in [0.1, 0.15) is 0 Å². The Bertz CT molecular complexity index is 2750. The first-order valence-corrected chi connectivity index (χ1v) is 17.3. The average Bonchev–Trinajstić information content (AvgIpc) is 3.81. The first-order chi connectivity index (χ1) is 25.7. The Balaban J connectivity index is 1.12. The molecule has 6 aromatic carbocycles. The molecular formula is C47H30N4O. The summed E-state index contributed by atoms with van der Waals surface area (Å²) in [5.41, 5.74) is 14.5. The van der Waals surface area contributed by atoms with E-state index in [9.17, 15) is 0 Å². The number of oxazole rings is 1. The van der Waals surface area contributed by atoms with Crippen LogP contribution < -0.4 is 0 Å². The minimum atomic E-state index is 0.573. The van der Waals surface area contributed by atoms with E-state index in [0.29, 0.717) is 5.89 Å². The third-order valence-electron chi connectivity index (χ3n) is 9.77. The van der Waals surface area contributed by atoms with Crippen molar-refractivity contribution in [2.24, 2.45) is 0 Å². The van der Waals surface area contributed by atoms with Gasteiger partial charge in [0, 0.05) is 58.3 Å². The van der Waals surface area contributed by atoms with Crippen LogP contribution in [0.5, 0.6) is 0 Å². The molecule has 0 amide bonds. The zero-order valence-electron chi connectivity index (χ0n) is 28.0. The van der Waals surface area contributed by atoms with E-state index in [0.717, 1.165) is 77.9 Å². The van der Waals surface area contributed by atoms with Crippen LogP contribution in [0, 0.1) is 0 Å². The van der Waals surface area contributed by atoms with Gasteiger partial charge in [-0.3, -0.25) is 9.97 Å². The number of nitrogens with zero attached hydrogens (tertiary/aromatic N) is 4. The average molecular weight is 667 g/mol. The molecule has 0 atom stereocenters. The summed E-state index contributed by atoms with van der Waals surface area (Å²) in [4.78, 5) is 13.7. The molecule has 4 aromatic heterocycles. The third kappa shape index (κ3) is 5.24. The van der Waals surface area contributed by atoms with E-state index in [1.807, 2.05) is 24.5 Å². The molecule has 5 heteroatoms. The van der Waals surface area contributed by atoms with Gasteiger partial charge in [0.2, 0.25) is 5.89 Å². The molecule has 0 N–H and O–H groups in total. The maximum atomic E-state index is 6.64. The molecule has 0 aliphatic rings. The van der Waals surface area contributed by atoms with Crippen molar-refractivity contribution in [2.45, 2.75) is 0 Å². The molecule has 5 nitrogen and oxygen atoms in total. The van der Waals surface area contributed by atoms with Crippen LogP contribution in [-0.2, 0) is 0 Å². The van der Waals surface area contributed by atoms with Crippen LogP contribution in [0.3, 0.4) is 0 Å². The van der Waals surface area contributed by atoms with Crippen molar-refractivity contribution in [1.82, 2.24) is 19.5 Å². The fraction of sp³-hybridized carbons (Fsp3) is 0. The minimum absolute atomic E-state index is 0.573. The van der Waals surface area contributed by atoms with Gasteiger partial charge in [-0.1, -0.05) is 84.9 Å². The largest absolute Gasteiger partial charge is 0.436 e. The fourth-order valence-corrected chi connectivity index (χ4v) is 7.28. The zero-order valence-corrected chi connectivity index (χ0v) is 28.0. The van der Waals surface area contributed by atoms with Gasteiger partial charge in [-0.2, -0.15) is 0 Å². The Labute approximate surface area is 300 Å².